The highest BCUT2D eigenvalue weighted by molar-refractivity contribution is 6.05. The predicted molar refractivity (Wildman–Crippen MR) is 250 cm³/mol. The van der Waals surface area contributed by atoms with E-state index in [9.17, 15) is 43.5 Å². The Morgan fingerprint density at radius 3 is 2.10 bits per heavy atom. The van der Waals surface area contributed by atoms with E-state index in [4.69, 9.17) is 14.2 Å². The maximum atomic E-state index is 14.7. The number of esters is 2. The molecule has 18 heteroatoms. The number of benzene rings is 1. The molecule has 0 saturated carbocycles. The summed E-state index contributed by atoms with van der Waals surface area (Å²) in [6.45, 7) is 17.4. The van der Waals surface area contributed by atoms with Crippen LogP contribution in [0.2, 0.25) is 0 Å². The minimum absolute atomic E-state index is 0.0500. The molecule has 2 heterocycles. The molecule has 0 aliphatic carbocycles. The van der Waals surface area contributed by atoms with E-state index >= 15 is 0 Å². The molecule has 1 aromatic rings. The lowest BCUT2D eigenvalue weighted by Gasteiger charge is -2.35. The number of cyclic esters (lactones) is 2. The molecular formula is C49H78N6O12. The Labute approximate surface area is 396 Å². The van der Waals surface area contributed by atoms with E-state index in [2.05, 4.69) is 21.3 Å². The first-order valence-corrected chi connectivity index (χ1v) is 23.9. The molecule has 67 heavy (non-hydrogen) atoms. The number of hydrogen-bond donors (Lipinski definition) is 5. The van der Waals surface area contributed by atoms with Gasteiger partial charge in [0.15, 0.2) is 11.9 Å². The van der Waals surface area contributed by atoms with Crippen molar-refractivity contribution in [1.29, 1.82) is 0 Å². The summed E-state index contributed by atoms with van der Waals surface area (Å²) in [5.41, 5.74) is 0.631. The number of Topliss-reactive ketones (excluding diaryl/α,β-unsaturated/α-hetero) is 1. The van der Waals surface area contributed by atoms with Gasteiger partial charge in [-0.05, 0) is 87.9 Å². The fourth-order valence-corrected chi connectivity index (χ4v) is 8.55. The molecule has 2 saturated heterocycles. The Balaban J connectivity index is 2.23. The molecule has 18 nitrogen and oxygen atoms in total. The molecule has 0 spiro atoms. The van der Waals surface area contributed by atoms with Gasteiger partial charge in [-0.2, -0.15) is 0 Å². The first kappa shape index (κ1) is 56.2. The Morgan fingerprint density at radius 1 is 0.910 bits per heavy atom. The van der Waals surface area contributed by atoms with Crippen molar-refractivity contribution in [2.75, 3.05) is 27.7 Å². The number of ether oxygens (including phenoxy) is 3. The van der Waals surface area contributed by atoms with Crippen LogP contribution in [0.3, 0.4) is 0 Å². The summed E-state index contributed by atoms with van der Waals surface area (Å²) in [5.74, 6) is -7.71. The number of ketones is 1. The summed E-state index contributed by atoms with van der Waals surface area (Å²) in [6.07, 6.45) is -3.30. The summed E-state index contributed by atoms with van der Waals surface area (Å²) in [6, 6.07) is 0.0322. The monoisotopic (exact) mass is 943 g/mol. The highest BCUT2D eigenvalue weighted by Crippen LogP contribution is 2.26. The molecule has 376 valence electrons. The Hall–Kier alpha value is -5.10. The Kier molecular flexibility index (Phi) is 21.7. The summed E-state index contributed by atoms with van der Waals surface area (Å²) >= 11 is 0. The highest BCUT2D eigenvalue weighted by atomic mass is 16.6. The Morgan fingerprint density at radius 2 is 1.55 bits per heavy atom. The largest absolute Gasteiger partial charge is 0.497 e. The maximum absolute atomic E-state index is 14.7. The minimum atomic E-state index is -1.55. The molecule has 1 unspecified atom stereocenters. The van der Waals surface area contributed by atoms with Crippen LogP contribution in [0.25, 0.3) is 0 Å². The SMILES string of the molecule is CC[C@H](C)C1NC(=O)[C@@H](NC(=O)[C@@H](CC(C)C)NC)[C@@H](C)OC(=O)[C@H](Cc2ccc(OC)cc2)N(C)C(=O)[C@@H]2CCCN2C(=O)[C@H](CC(C)C)NC(=O)[C@@H](C)C(=O)[C@H](C(C)C)OC(=O)C[C@@H]1O. The van der Waals surface area contributed by atoms with E-state index in [-0.39, 0.29) is 37.6 Å². The standard InChI is InChI=1S/C49H78N6O12/c1-14-29(8)40-38(56)25-39(57)67-43(28(6)7)42(58)30(9)44(59)51-35(23-27(4)5)47(62)55-21-15-16-36(55)48(63)54(12)37(24-32-17-19-33(65-13)20-18-32)49(64)66-31(10)41(46(61)52-40)53-45(60)34(50-11)22-26(2)3/h17-20,26-31,34-38,40-41,43,50,56H,14-16,21-25H2,1-13H3,(H,51,59)(H,52,61)(H,53,60)/t29-,30-,31+,34+,35-,36-,37-,38-,40?,41-,43-/m0/s1. The van der Waals surface area contributed by atoms with Gasteiger partial charge in [-0.1, -0.05) is 73.9 Å². The van der Waals surface area contributed by atoms with E-state index in [0.29, 0.717) is 30.6 Å². The van der Waals surface area contributed by atoms with E-state index in [1.54, 1.807) is 52.1 Å². The third-order valence-corrected chi connectivity index (χ3v) is 12.9. The normalized spacial score (nSPS) is 27.8. The number of likely N-dealkylation sites (N-methyl/N-ethyl adjacent to an activating group) is 2. The van der Waals surface area contributed by atoms with Gasteiger partial charge in [-0.3, -0.25) is 33.6 Å². The van der Waals surface area contributed by atoms with Gasteiger partial charge < -0.3 is 50.4 Å². The molecule has 2 fully saturated rings. The zero-order chi connectivity index (χ0) is 50.4. The predicted octanol–water partition coefficient (Wildman–Crippen LogP) is 2.71. The van der Waals surface area contributed by atoms with Crippen molar-refractivity contribution in [3.63, 3.8) is 0 Å². The van der Waals surface area contributed by atoms with Gasteiger partial charge in [-0.25, -0.2) is 4.79 Å². The number of rotatable bonds is 13. The van der Waals surface area contributed by atoms with Crippen molar-refractivity contribution in [1.82, 2.24) is 31.1 Å². The van der Waals surface area contributed by atoms with Crippen molar-refractivity contribution in [3.8, 4) is 5.75 Å². The van der Waals surface area contributed by atoms with Gasteiger partial charge >= 0.3 is 11.9 Å². The number of carbonyl (C=O) groups excluding carboxylic acids is 8. The van der Waals surface area contributed by atoms with Gasteiger partial charge in [0.1, 0.15) is 36.0 Å². The smallest absolute Gasteiger partial charge is 0.329 e. The Bertz CT molecular complexity index is 1870. The molecule has 0 aromatic heterocycles. The number of nitrogens with zero attached hydrogens (tertiary/aromatic N) is 2. The van der Waals surface area contributed by atoms with E-state index in [0.717, 1.165) is 0 Å². The van der Waals surface area contributed by atoms with Crippen molar-refractivity contribution in [2.24, 2.45) is 29.6 Å². The maximum Gasteiger partial charge on any atom is 0.329 e. The number of fused-ring (bicyclic) bond motifs is 1. The summed E-state index contributed by atoms with van der Waals surface area (Å²) in [7, 11) is 4.56. The molecule has 11 atom stereocenters. The first-order valence-electron chi connectivity index (χ1n) is 23.9. The molecule has 5 N–H and O–H groups in total. The van der Waals surface area contributed by atoms with Crippen LogP contribution in [0.5, 0.6) is 5.75 Å². The van der Waals surface area contributed by atoms with Crippen LogP contribution in [-0.2, 0) is 54.3 Å². The van der Waals surface area contributed by atoms with Crippen LogP contribution in [0.15, 0.2) is 24.3 Å². The number of aliphatic hydroxyl groups is 1. The lowest BCUT2D eigenvalue weighted by Crippen LogP contribution is -2.61. The van der Waals surface area contributed by atoms with Crippen LogP contribution in [-0.4, -0.2) is 144 Å². The second-order valence-electron chi connectivity index (χ2n) is 19.5. The number of methoxy groups -OCH3 is 1. The fourth-order valence-electron chi connectivity index (χ4n) is 8.55. The third kappa shape index (κ3) is 15.5. The number of carbonyl (C=O) groups is 8. The van der Waals surface area contributed by atoms with Crippen molar-refractivity contribution in [2.45, 2.75) is 169 Å². The van der Waals surface area contributed by atoms with Crippen molar-refractivity contribution in [3.05, 3.63) is 29.8 Å². The number of aliphatic hydroxyl groups excluding tert-OH is 1. The van der Waals surface area contributed by atoms with Gasteiger partial charge in [0.2, 0.25) is 29.5 Å². The molecule has 1 aromatic carbocycles. The third-order valence-electron chi connectivity index (χ3n) is 12.9. The lowest BCUT2D eigenvalue weighted by molar-refractivity contribution is -0.163. The van der Waals surface area contributed by atoms with E-state index in [1.165, 1.54) is 37.8 Å². The molecular weight excluding hydrogens is 865 g/mol. The average Bonchev–Trinajstić information content (AvgIpc) is 3.77. The van der Waals surface area contributed by atoms with Gasteiger partial charge in [-0.15, -0.1) is 0 Å². The fraction of sp³-hybridized carbons (Fsp3) is 0.714. The molecule has 0 bridgehead atoms. The minimum Gasteiger partial charge on any atom is -0.497 e. The summed E-state index contributed by atoms with van der Waals surface area (Å²) in [5, 5.41) is 22.9. The summed E-state index contributed by atoms with van der Waals surface area (Å²) < 4.78 is 17.1. The van der Waals surface area contributed by atoms with Crippen LogP contribution in [0, 0.1) is 29.6 Å². The number of nitrogens with one attached hydrogen (secondary N) is 4. The topological polar surface area (TPSA) is 239 Å². The molecule has 3 rings (SSSR count). The quantitative estimate of drug-likeness (QED) is 0.142. The van der Waals surface area contributed by atoms with E-state index in [1.807, 2.05) is 34.6 Å². The average molecular weight is 943 g/mol. The first-order chi connectivity index (χ1) is 31.4. The summed E-state index contributed by atoms with van der Waals surface area (Å²) in [4.78, 5) is 116. The van der Waals surface area contributed by atoms with Crippen LogP contribution in [0.4, 0.5) is 0 Å². The highest BCUT2D eigenvalue weighted by Gasteiger charge is 2.44. The number of amides is 5. The van der Waals surface area contributed by atoms with E-state index < -0.39 is 126 Å². The second kappa shape index (κ2) is 25.9. The van der Waals surface area contributed by atoms with Crippen LogP contribution < -0.4 is 26.0 Å². The van der Waals surface area contributed by atoms with Crippen LogP contribution in [0.1, 0.15) is 113 Å². The lowest BCUT2D eigenvalue weighted by atomic mass is 9.91. The van der Waals surface area contributed by atoms with Crippen LogP contribution >= 0.6 is 0 Å². The molecule has 2 aliphatic heterocycles. The zero-order valence-electron chi connectivity index (χ0n) is 41.9. The molecule has 2 aliphatic rings. The second-order valence-corrected chi connectivity index (χ2v) is 19.5. The van der Waals surface area contributed by atoms with Gasteiger partial charge in [0.25, 0.3) is 0 Å². The van der Waals surface area contributed by atoms with Crippen molar-refractivity contribution >= 4 is 47.3 Å². The molecule has 5 amide bonds. The molecule has 0 radical (unpaired) electrons. The van der Waals surface area contributed by atoms with Crippen molar-refractivity contribution < 1.29 is 57.7 Å². The van der Waals surface area contributed by atoms with Gasteiger partial charge in [0, 0.05) is 20.0 Å². The zero-order valence-corrected chi connectivity index (χ0v) is 41.9. The van der Waals surface area contributed by atoms with Gasteiger partial charge in [0.05, 0.1) is 37.6 Å². The number of hydrogen-bond acceptors (Lipinski definition) is 13.